The van der Waals surface area contributed by atoms with Crippen LogP contribution in [0.25, 0.3) is 0 Å². The molecule has 0 radical (unpaired) electrons. The summed E-state index contributed by atoms with van der Waals surface area (Å²) in [7, 11) is 0. The Morgan fingerprint density at radius 1 is 1.60 bits per heavy atom. The summed E-state index contributed by atoms with van der Waals surface area (Å²) in [4.78, 5) is 13.6. The molecule has 0 heterocycles. The molecule has 0 aliphatic carbocycles. The number of amides is 1. The number of hydrogen-bond donors (Lipinski definition) is 2. The summed E-state index contributed by atoms with van der Waals surface area (Å²) in [6, 6.07) is 0. The summed E-state index contributed by atoms with van der Waals surface area (Å²) >= 11 is 4.77. The third-order valence-corrected chi connectivity index (χ3v) is 2.42. The van der Waals surface area contributed by atoms with Crippen molar-refractivity contribution in [1.82, 2.24) is 4.90 Å². The summed E-state index contributed by atoms with van der Waals surface area (Å²) < 4.78 is 0. The van der Waals surface area contributed by atoms with E-state index in [1.165, 1.54) is 0 Å². The second kappa shape index (κ2) is 5.42. The van der Waals surface area contributed by atoms with Crippen LogP contribution in [-0.2, 0) is 4.79 Å². The average Bonchev–Trinajstić information content (AvgIpc) is 2.10. The van der Waals surface area contributed by atoms with Crippen molar-refractivity contribution in [2.45, 2.75) is 33.3 Å². The van der Waals surface area contributed by atoms with E-state index in [2.05, 4.69) is 0 Å². The predicted molar refractivity (Wildman–Crippen MR) is 64.5 cm³/mol. The molecule has 0 fully saturated rings. The molecule has 88 valence electrons. The molecule has 1 atom stereocenters. The van der Waals surface area contributed by atoms with Gasteiger partial charge in [-0.15, -0.1) is 0 Å². The van der Waals surface area contributed by atoms with Crippen molar-refractivity contribution in [3.8, 4) is 0 Å². The first-order valence-electron chi connectivity index (χ1n) is 4.99. The standard InChI is InChI=1S/C10H20N2O2S/c1-5-12(6-10(3,4)14)9(13)7(2)8(11)15/h7,14H,5-6H2,1-4H3,(H2,11,15). The van der Waals surface area contributed by atoms with Crippen LogP contribution in [0.5, 0.6) is 0 Å². The van der Waals surface area contributed by atoms with E-state index in [-0.39, 0.29) is 17.4 Å². The molecule has 15 heavy (non-hydrogen) atoms. The lowest BCUT2D eigenvalue weighted by molar-refractivity contribution is -0.135. The van der Waals surface area contributed by atoms with Gasteiger partial charge in [0.25, 0.3) is 0 Å². The van der Waals surface area contributed by atoms with Crippen LogP contribution in [0.1, 0.15) is 27.7 Å². The van der Waals surface area contributed by atoms with Crippen LogP contribution in [0, 0.1) is 5.92 Å². The quantitative estimate of drug-likeness (QED) is 0.679. The first kappa shape index (κ1) is 14.3. The minimum atomic E-state index is -0.901. The van der Waals surface area contributed by atoms with E-state index < -0.39 is 11.5 Å². The maximum atomic E-state index is 11.8. The fourth-order valence-corrected chi connectivity index (χ4v) is 1.31. The van der Waals surface area contributed by atoms with Crippen molar-refractivity contribution in [2.75, 3.05) is 13.1 Å². The Kier molecular flexibility index (Phi) is 5.17. The largest absolute Gasteiger partial charge is 0.393 e. The van der Waals surface area contributed by atoms with Crippen LogP contribution in [0.3, 0.4) is 0 Å². The van der Waals surface area contributed by atoms with Crippen LogP contribution in [0.4, 0.5) is 0 Å². The first-order valence-corrected chi connectivity index (χ1v) is 5.40. The molecule has 3 N–H and O–H groups in total. The maximum Gasteiger partial charge on any atom is 0.232 e. The monoisotopic (exact) mass is 232 g/mol. The molecular weight excluding hydrogens is 212 g/mol. The highest BCUT2D eigenvalue weighted by atomic mass is 32.1. The minimum Gasteiger partial charge on any atom is -0.393 e. The zero-order chi connectivity index (χ0) is 12.2. The number of carbonyl (C=O) groups is 1. The zero-order valence-electron chi connectivity index (χ0n) is 9.78. The van der Waals surface area contributed by atoms with Crippen molar-refractivity contribution in [3.63, 3.8) is 0 Å². The molecule has 0 rings (SSSR count). The fraction of sp³-hybridized carbons (Fsp3) is 0.800. The average molecular weight is 232 g/mol. The topological polar surface area (TPSA) is 66.6 Å². The van der Waals surface area contributed by atoms with Gasteiger partial charge in [-0.3, -0.25) is 4.79 Å². The molecule has 0 aliphatic rings. The number of carbonyl (C=O) groups excluding carboxylic acids is 1. The maximum absolute atomic E-state index is 11.8. The molecule has 0 spiro atoms. The second-order valence-electron chi connectivity index (χ2n) is 4.29. The highest BCUT2D eigenvalue weighted by Gasteiger charge is 2.25. The van der Waals surface area contributed by atoms with Crippen LogP contribution in [0.2, 0.25) is 0 Å². The molecule has 0 aliphatic heterocycles. The van der Waals surface area contributed by atoms with Gasteiger partial charge in [0.2, 0.25) is 5.91 Å². The Bertz CT molecular complexity index is 248. The van der Waals surface area contributed by atoms with Gasteiger partial charge in [-0.25, -0.2) is 0 Å². The summed E-state index contributed by atoms with van der Waals surface area (Å²) in [5.41, 5.74) is 4.51. The van der Waals surface area contributed by atoms with Gasteiger partial charge in [-0.05, 0) is 27.7 Å². The van der Waals surface area contributed by atoms with E-state index in [9.17, 15) is 9.90 Å². The van der Waals surface area contributed by atoms with E-state index in [0.29, 0.717) is 6.54 Å². The summed E-state index contributed by atoms with van der Waals surface area (Å²) in [6.07, 6.45) is 0. The molecule has 0 saturated carbocycles. The Labute approximate surface area is 96.4 Å². The van der Waals surface area contributed by atoms with Gasteiger partial charge in [0.15, 0.2) is 0 Å². The van der Waals surface area contributed by atoms with E-state index in [1.807, 2.05) is 6.92 Å². The van der Waals surface area contributed by atoms with Crippen molar-refractivity contribution < 1.29 is 9.90 Å². The number of thiocarbonyl (C=S) groups is 1. The Balaban J connectivity index is 4.55. The van der Waals surface area contributed by atoms with E-state index >= 15 is 0 Å². The zero-order valence-corrected chi connectivity index (χ0v) is 10.6. The second-order valence-corrected chi connectivity index (χ2v) is 4.76. The highest BCUT2D eigenvalue weighted by molar-refractivity contribution is 7.80. The van der Waals surface area contributed by atoms with Crippen molar-refractivity contribution >= 4 is 23.1 Å². The SMILES string of the molecule is CCN(CC(C)(C)O)C(=O)C(C)C(N)=S. The smallest absolute Gasteiger partial charge is 0.232 e. The molecule has 4 nitrogen and oxygen atoms in total. The van der Waals surface area contributed by atoms with Gasteiger partial charge in [0.05, 0.1) is 16.5 Å². The van der Waals surface area contributed by atoms with Gasteiger partial charge in [-0.2, -0.15) is 0 Å². The molecular formula is C10H20N2O2S. The third kappa shape index (κ3) is 5.09. The number of nitrogens with zero attached hydrogens (tertiary/aromatic N) is 1. The van der Waals surface area contributed by atoms with E-state index in [0.717, 1.165) is 0 Å². The number of rotatable bonds is 5. The van der Waals surface area contributed by atoms with Gasteiger partial charge in [0.1, 0.15) is 0 Å². The van der Waals surface area contributed by atoms with Crippen LogP contribution in [0.15, 0.2) is 0 Å². The van der Waals surface area contributed by atoms with Crippen molar-refractivity contribution in [2.24, 2.45) is 11.7 Å². The normalized spacial score (nSPS) is 13.4. The number of likely N-dealkylation sites (N-methyl/N-ethyl adjacent to an activating group) is 1. The van der Waals surface area contributed by atoms with Gasteiger partial charge >= 0.3 is 0 Å². The van der Waals surface area contributed by atoms with Crippen molar-refractivity contribution in [1.29, 1.82) is 0 Å². The highest BCUT2D eigenvalue weighted by Crippen LogP contribution is 2.09. The summed E-state index contributed by atoms with van der Waals surface area (Å²) in [5.74, 6) is -0.602. The molecule has 1 amide bonds. The number of aliphatic hydroxyl groups is 1. The molecule has 0 saturated heterocycles. The summed E-state index contributed by atoms with van der Waals surface area (Å²) in [5, 5.41) is 9.63. The lowest BCUT2D eigenvalue weighted by Crippen LogP contribution is -2.46. The molecule has 0 aromatic carbocycles. The lowest BCUT2D eigenvalue weighted by atomic mass is 10.1. The van der Waals surface area contributed by atoms with Gasteiger partial charge in [0, 0.05) is 13.1 Å². The molecule has 0 aromatic rings. The molecule has 0 bridgehead atoms. The van der Waals surface area contributed by atoms with Crippen LogP contribution < -0.4 is 5.73 Å². The fourth-order valence-electron chi connectivity index (χ4n) is 1.21. The lowest BCUT2D eigenvalue weighted by Gasteiger charge is -2.29. The molecule has 1 unspecified atom stereocenters. The third-order valence-electron chi connectivity index (χ3n) is 2.07. The molecule has 5 heteroatoms. The molecule has 0 aromatic heterocycles. The van der Waals surface area contributed by atoms with Crippen LogP contribution >= 0.6 is 12.2 Å². The van der Waals surface area contributed by atoms with Crippen LogP contribution in [-0.4, -0.2) is 39.6 Å². The Morgan fingerprint density at radius 2 is 2.07 bits per heavy atom. The van der Waals surface area contributed by atoms with E-state index in [4.69, 9.17) is 18.0 Å². The van der Waals surface area contributed by atoms with Crippen molar-refractivity contribution in [3.05, 3.63) is 0 Å². The predicted octanol–water partition coefficient (Wildman–Crippen LogP) is 0.528. The Hall–Kier alpha value is -0.680. The number of hydrogen-bond acceptors (Lipinski definition) is 3. The van der Waals surface area contributed by atoms with Gasteiger partial charge in [-0.1, -0.05) is 12.2 Å². The first-order chi connectivity index (χ1) is 6.69. The van der Waals surface area contributed by atoms with E-state index in [1.54, 1.807) is 25.7 Å². The minimum absolute atomic E-state index is 0.132. The van der Waals surface area contributed by atoms with Gasteiger partial charge < -0.3 is 15.7 Å². The Morgan fingerprint density at radius 3 is 2.33 bits per heavy atom. The number of nitrogens with two attached hydrogens (primary N) is 1. The summed E-state index contributed by atoms with van der Waals surface area (Å²) in [6.45, 7) is 7.68.